The smallest absolute Gasteiger partial charge is 0.303 e. The Morgan fingerprint density at radius 3 is 2.89 bits per heavy atom. The maximum Gasteiger partial charge on any atom is 0.345 e. The SMILES string of the molecule is O=c1ncc(F)c(-c2cccc(C3CCC3)c2)[nH]1. The lowest BCUT2D eigenvalue weighted by atomic mass is 9.79. The summed E-state index contributed by atoms with van der Waals surface area (Å²) in [5.74, 6) is 0.0851. The predicted octanol–water partition coefficient (Wildman–Crippen LogP) is 2.84. The zero-order valence-corrected chi connectivity index (χ0v) is 9.82. The van der Waals surface area contributed by atoms with Crippen molar-refractivity contribution in [2.45, 2.75) is 25.2 Å². The normalized spacial score (nSPS) is 15.4. The highest BCUT2D eigenvalue weighted by Crippen LogP contribution is 2.37. The number of benzene rings is 1. The zero-order valence-electron chi connectivity index (χ0n) is 9.82. The second-order valence-electron chi connectivity index (χ2n) is 4.66. The topological polar surface area (TPSA) is 45.8 Å². The van der Waals surface area contributed by atoms with Crippen LogP contribution < -0.4 is 5.69 Å². The van der Waals surface area contributed by atoms with Gasteiger partial charge in [0.25, 0.3) is 0 Å². The van der Waals surface area contributed by atoms with Gasteiger partial charge in [-0.3, -0.25) is 0 Å². The predicted molar refractivity (Wildman–Crippen MR) is 66.8 cm³/mol. The molecule has 0 bridgehead atoms. The fraction of sp³-hybridized carbons (Fsp3) is 0.286. The Morgan fingerprint density at radius 1 is 1.33 bits per heavy atom. The van der Waals surface area contributed by atoms with Crippen molar-refractivity contribution in [1.82, 2.24) is 9.97 Å². The van der Waals surface area contributed by atoms with Gasteiger partial charge in [-0.05, 0) is 30.4 Å². The van der Waals surface area contributed by atoms with E-state index in [1.165, 1.54) is 24.8 Å². The molecule has 0 atom stereocenters. The Hall–Kier alpha value is -1.97. The van der Waals surface area contributed by atoms with Crippen LogP contribution in [0.5, 0.6) is 0 Å². The van der Waals surface area contributed by atoms with Crippen molar-refractivity contribution in [3.63, 3.8) is 0 Å². The Kier molecular flexibility index (Phi) is 2.70. The van der Waals surface area contributed by atoms with Crippen LogP contribution in [0.3, 0.4) is 0 Å². The molecule has 0 unspecified atom stereocenters. The highest BCUT2D eigenvalue weighted by molar-refractivity contribution is 5.60. The van der Waals surface area contributed by atoms with E-state index in [0.29, 0.717) is 11.5 Å². The molecule has 4 heteroatoms. The van der Waals surface area contributed by atoms with E-state index >= 15 is 0 Å². The van der Waals surface area contributed by atoms with Gasteiger partial charge >= 0.3 is 5.69 Å². The number of aromatic amines is 1. The molecule has 0 aliphatic heterocycles. The molecular weight excluding hydrogens is 231 g/mol. The minimum atomic E-state index is -0.527. The lowest BCUT2D eigenvalue weighted by Crippen LogP contribution is -2.12. The van der Waals surface area contributed by atoms with E-state index in [1.807, 2.05) is 12.1 Å². The standard InChI is InChI=1S/C14H13FN2O/c15-12-8-16-14(18)17-13(12)11-6-2-5-10(7-11)9-3-1-4-9/h2,5-9H,1,3-4H2,(H,16,17,18). The molecule has 1 heterocycles. The number of nitrogens with one attached hydrogen (secondary N) is 1. The quantitative estimate of drug-likeness (QED) is 0.882. The summed E-state index contributed by atoms with van der Waals surface area (Å²) < 4.78 is 13.7. The van der Waals surface area contributed by atoms with E-state index in [1.54, 1.807) is 6.07 Å². The van der Waals surface area contributed by atoms with Crippen LogP contribution in [-0.2, 0) is 0 Å². The van der Waals surface area contributed by atoms with Crippen molar-refractivity contribution in [3.05, 3.63) is 52.3 Å². The molecule has 92 valence electrons. The van der Waals surface area contributed by atoms with Crippen LogP contribution in [0.25, 0.3) is 11.3 Å². The molecule has 2 aromatic rings. The van der Waals surface area contributed by atoms with E-state index in [9.17, 15) is 9.18 Å². The summed E-state index contributed by atoms with van der Waals surface area (Å²) in [7, 11) is 0. The Bertz CT molecular complexity index is 632. The highest BCUT2D eigenvalue weighted by atomic mass is 19.1. The molecular formula is C14H13FN2O. The van der Waals surface area contributed by atoms with Crippen molar-refractivity contribution in [1.29, 1.82) is 0 Å². The monoisotopic (exact) mass is 244 g/mol. The molecule has 1 aromatic carbocycles. The summed E-state index contributed by atoms with van der Waals surface area (Å²) in [5, 5.41) is 0. The fourth-order valence-corrected chi connectivity index (χ4v) is 2.28. The summed E-state index contributed by atoms with van der Waals surface area (Å²) in [6, 6.07) is 7.72. The maximum absolute atomic E-state index is 13.7. The number of H-pyrrole nitrogens is 1. The molecule has 18 heavy (non-hydrogen) atoms. The minimum absolute atomic E-state index is 0.219. The Balaban J connectivity index is 2.05. The fourth-order valence-electron chi connectivity index (χ4n) is 2.28. The van der Waals surface area contributed by atoms with Gasteiger partial charge in [0.1, 0.15) is 0 Å². The van der Waals surface area contributed by atoms with Gasteiger partial charge in [-0.2, -0.15) is 4.98 Å². The average molecular weight is 244 g/mol. The molecule has 1 fully saturated rings. The van der Waals surface area contributed by atoms with Gasteiger partial charge in [-0.15, -0.1) is 0 Å². The van der Waals surface area contributed by atoms with Crippen molar-refractivity contribution < 1.29 is 4.39 Å². The first-order valence-electron chi connectivity index (χ1n) is 6.09. The maximum atomic E-state index is 13.7. The van der Waals surface area contributed by atoms with Crippen molar-refractivity contribution >= 4 is 0 Å². The number of halogens is 1. The molecule has 1 aliphatic rings. The van der Waals surface area contributed by atoms with Crippen LogP contribution in [0.15, 0.2) is 35.3 Å². The number of rotatable bonds is 2. The van der Waals surface area contributed by atoms with Gasteiger partial charge in [0.15, 0.2) is 5.82 Å². The first-order valence-corrected chi connectivity index (χ1v) is 6.09. The first kappa shape index (κ1) is 11.1. The van der Waals surface area contributed by atoms with Gasteiger partial charge in [-0.25, -0.2) is 9.18 Å². The van der Waals surface area contributed by atoms with Gasteiger partial charge in [0.05, 0.1) is 11.9 Å². The van der Waals surface area contributed by atoms with Gasteiger partial charge in [-0.1, -0.05) is 24.6 Å². The van der Waals surface area contributed by atoms with Crippen LogP contribution in [0.2, 0.25) is 0 Å². The van der Waals surface area contributed by atoms with Crippen LogP contribution in [0.4, 0.5) is 4.39 Å². The van der Waals surface area contributed by atoms with Crippen LogP contribution in [0, 0.1) is 5.82 Å². The minimum Gasteiger partial charge on any atom is -0.303 e. The summed E-state index contributed by atoms with van der Waals surface area (Å²) in [6.07, 6.45) is 4.61. The van der Waals surface area contributed by atoms with Gasteiger partial charge in [0, 0.05) is 5.56 Å². The second-order valence-corrected chi connectivity index (χ2v) is 4.66. The lowest BCUT2D eigenvalue weighted by molar-refractivity contribution is 0.420. The third kappa shape index (κ3) is 1.94. The third-order valence-electron chi connectivity index (χ3n) is 3.52. The highest BCUT2D eigenvalue weighted by Gasteiger charge is 2.20. The summed E-state index contributed by atoms with van der Waals surface area (Å²) in [6.45, 7) is 0. The number of hydrogen-bond donors (Lipinski definition) is 1. The van der Waals surface area contributed by atoms with E-state index in [-0.39, 0.29) is 5.69 Å². The second kappa shape index (κ2) is 4.37. The molecule has 1 N–H and O–H groups in total. The zero-order chi connectivity index (χ0) is 12.5. The average Bonchev–Trinajstić information content (AvgIpc) is 2.30. The van der Waals surface area contributed by atoms with E-state index in [2.05, 4.69) is 16.0 Å². The van der Waals surface area contributed by atoms with Crippen molar-refractivity contribution in [3.8, 4) is 11.3 Å². The molecule has 3 nitrogen and oxygen atoms in total. The van der Waals surface area contributed by atoms with E-state index in [4.69, 9.17) is 0 Å². The van der Waals surface area contributed by atoms with E-state index < -0.39 is 11.5 Å². The number of nitrogens with zero attached hydrogens (tertiary/aromatic N) is 1. The molecule has 3 rings (SSSR count). The summed E-state index contributed by atoms with van der Waals surface area (Å²) >= 11 is 0. The van der Waals surface area contributed by atoms with E-state index in [0.717, 1.165) is 6.20 Å². The van der Waals surface area contributed by atoms with Gasteiger partial charge in [0.2, 0.25) is 0 Å². The first-order chi connectivity index (χ1) is 8.74. The molecule has 1 aromatic heterocycles. The molecule has 0 radical (unpaired) electrons. The lowest BCUT2D eigenvalue weighted by Gasteiger charge is -2.26. The van der Waals surface area contributed by atoms with Crippen molar-refractivity contribution in [2.75, 3.05) is 0 Å². The largest absolute Gasteiger partial charge is 0.345 e. The molecule has 0 saturated heterocycles. The molecule has 0 amide bonds. The third-order valence-corrected chi connectivity index (χ3v) is 3.52. The van der Waals surface area contributed by atoms with Crippen LogP contribution in [-0.4, -0.2) is 9.97 Å². The molecule has 0 spiro atoms. The van der Waals surface area contributed by atoms with Crippen molar-refractivity contribution in [2.24, 2.45) is 0 Å². The molecule has 1 saturated carbocycles. The Morgan fingerprint density at radius 2 is 2.17 bits per heavy atom. The number of aromatic nitrogens is 2. The van der Waals surface area contributed by atoms with Crippen LogP contribution in [0.1, 0.15) is 30.7 Å². The van der Waals surface area contributed by atoms with Crippen LogP contribution >= 0.6 is 0 Å². The summed E-state index contributed by atoms with van der Waals surface area (Å²) in [5.41, 5.74) is 1.61. The Labute approximate surface area is 104 Å². The van der Waals surface area contributed by atoms with Gasteiger partial charge < -0.3 is 4.98 Å². The summed E-state index contributed by atoms with van der Waals surface area (Å²) in [4.78, 5) is 17.0. The number of hydrogen-bond acceptors (Lipinski definition) is 2. The molecule has 1 aliphatic carbocycles.